The lowest BCUT2D eigenvalue weighted by Gasteiger charge is -2.36. The van der Waals surface area contributed by atoms with Crippen molar-refractivity contribution in [3.05, 3.63) is 57.8 Å². The second-order valence-electron chi connectivity index (χ2n) is 12.1. The number of nitro benzene ring substituents is 1. The first-order valence-corrected chi connectivity index (χ1v) is 13.4. The molecule has 1 fully saturated rings. The molecule has 2 aromatic heterocycles. The number of hydrogen-bond acceptors (Lipinski definition) is 8. The number of carbonyl (C=O) groups is 1. The maximum absolute atomic E-state index is 13.6. The van der Waals surface area contributed by atoms with Gasteiger partial charge in [-0.25, -0.2) is 9.78 Å². The second kappa shape index (κ2) is 10.8. The van der Waals surface area contributed by atoms with Gasteiger partial charge in [0.05, 0.1) is 17.7 Å². The van der Waals surface area contributed by atoms with Crippen LogP contribution in [0.15, 0.2) is 36.5 Å². The third-order valence-corrected chi connectivity index (χ3v) is 6.75. The first kappa shape index (κ1) is 28.3. The number of non-ortho nitro benzene ring substituents is 1. The fraction of sp³-hybridized carbons (Fsp3) is 0.536. The van der Waals surface area contributed by atoms with Gasteiger partial charge in [-0.1, -0.05) is 26.0 Å². The summed E-state index contributed by atoms with van der Waals surface area (Å²) in [6, 6.07) is 8.21. The number of amides is 1. The highest BCUT2D eigenvalue weighted by molar-refractivity contribution is 5.88. The molecule has 2 N–H and O–H groups in total. The molecule has 0 spiro atoms. The SMILES string of the molecule is CC(C)c1cnn2c(N(Cc3cccc([N+](=O)[O-])c3)C(=O)OC(C)(C)C)cc(NC3CCC(C)(C)NC3)nc12. The van der Waals surface area contributed by atoms with Gasteiger partial charge in [-0.2, -0.15) is 9.61 Å². The lowest BCUT2D eigenvalue weighted by molar-refractivity contribution is -0.384. The van der Waals surface area contributed by atoms with Crippen LogP contribution >= 0.6 is 0 Å². The van der Waals surface area contributed by atoms with E-state index in [1.807, 2.05) is 0 Å². The minimum Gasteiger partial charge on any atom is -0.443 e. The van der Waals surface area contributed by atoms with Crippen molar-refractivity contribution in [3.8, 4) is 0 Å². The second-order valence-corrected chi connectivity index (χ2v) is 12.1. The zero-order chi connectivity index (χ0) is 28.5. The molecule has 39 heavy (non-hydrogen) atoms. The van der Waals surface area contributed by atoms with Gasteiger partial charge in [0.15, 0.2) is 5.65 Å². The van der Waals surface area contributed by atoms with Crippen LogP contribution < -0.4 is 15.5 Å². The summed E-state index contributed by atoms with van der Waals surface area (Å²) in [7, 11) is 0. The highest BCUT2D eigenvalue weighted by Crippen LogP contribution is 2.30. The summed E-state index contributed by atoms with van der Waals surface area (Å²) < 4.78 is 7.42. The minimum atomic E-state index is -0.751. The number of fused-ring (bicyclic) bond motifs is 1. The summed E-state index contributed by atoms with van der Waals surface area (Å²) in [6.45, 7) is 14.8. The third-order valence-electron chi connectivity index (χ3n) is 6.75. The van der Waals surface area contributed by atoms with E-state index >= 15 is 0 Å². The van der Waals surface area contributed by atoms with E-state index in [2.05, 4.69) is 43.4 Å². The van der Waals surface area contributed by atoms with E-state index in [1.165, 1.54) is 17.0 Å². The monoisotopic (exact) mass is 537 g/mol. The van der Waals surface area contributed by atoms with Crippen molar-refractivity contribution >= 4 is 29.1 Å². The molecule has 0 aliphatic carbocycles. The number of aromatic nitrogens is 3. The van der Waals surface area contributed by atoms with E-state index in [0.29, 0.717) is 22.8 Å². The smallest absolute Gasteiger partial charge is 0.416 e. The molecule has 210 valence electrons. The Bertz CT molecular complexity index is 1350. The molecule has 1 aliphatic rings. The summed E-state index contributed by atoms with van der Waals surface area (Å²) in [6.07, 6.45) is 3.17. The highest BCUT2D eigenvalue weighted by atomic mass is 16.6. The standard InChI is InChI=1S/C28H39N7O4/c1-18(2)22-16-30-34-24(14-23(32-25(22)34)31-20-11-12-28(6,7)29-15-20)33(26(36)39-27(3,4)5)17-19-9-8-10-21(13-19)35(37)38/h8-10,13-14,16,18,20,29H,11-12,15,17H2,1-7H3,(H,31,32). The lowest BCUT2D eigenvalue weighted by Crippen LogP contribution is -2.50. The molecule has 0 radical (unpaired) electrons. The Kier molecular flexibility index (Phi) is 7.83. The van der Waals surface area contributed by atoms with Crippen molar-refractivity contribution in [3.63, 3.8) is 0 Å². The van der Waals surface area contributed by atoms with Gasteiger partial charge < -0.3 is 15.4 Å². The summed E-state index contributed by atoms with van der Waals surface area (Å²) >= 11 is 0. The zero-order valence-electron chi connectivity index (χ0n) is 23.8. The van der Waals surface area contributed by atoms with Gasteiger partial charge in [-0.15, -0.1) is 0 Å². The van der Waals surface area contributed by atoms with E-state index in [-0.39, 0.29) is 29.7 Å². The van der Waals surface area contributed by atoms with Crippen LogP contribution in [-0.2, 0) is 11.3 Å². The number of carbonyl (C=O) groups excluding carboxylic acids is 1. The molecule has 11 nitrogen and oxygen atoms in total. The van der Waals surface area contributed by atoms with Crippen molar-refractivity contribution in [2.75, 3.05) is 16.8 Å². The number of nitrogens with one attached hydrogen (secondary N) is 2. The quantitative estimate of drug-likeness (QED) is 0.293. The maximum atomic E-state index is 13.6. The van der Waals surface area contributed by atoms with Crippen molar-refractivity contribution in [1.29, 1.82) is 0 Å². The van der Waals surface area contributed by atoms with E-state index in [1.54, 1.807) is 49.7 Å². The molecule has 3 aromatic rings. The lowest BCUT2D eigenvalue weighted by atomic mass is 9.91. The first-order valence-electron chi connectivity index (χ1n) is 13.4. The molecule has 1 saturated heterocycles. The van der Waals surface area contributed by atoms with Gasteiger partial charge in [-0.3, -0.25) is 15.0 Å². The number of anilines is 2. The topological polar surface area (TPSA) is 127 Å². The molecule has 11 heteroatoms. The molecule has 1 atom stereocenters. The normalized spacial score (nSPS) is 17.3. The Balaban J connectivity index is 1.80. The van der Waals surface area contributed by atoms with E-state index in [4.69, 9.17) is 9.72 Å². The fourth-order valence-corrected chi connectivity index (χ4v) is 4.60. The van der Waals surface area contributed by atoms with Crippen molar-refractivity contribution in [2.24, 2.45) is 0 Å². The van der Waals surface area contributed by atoms with Crippen LogP contribution in [0, 0.1) is 10.1 Å². The Morgan fingerprint density at radius 3 is 2.69 bits per heavy atom. The van der Waals surface area contributed by atoms with Crippen LogP contribution in [-0.4, -0.2) is 49.3 Å². The molecule has 1 aromatic carbocycles. The summed E-state index contributed by atoms with van der Waals surface area (Å²) in [5, 5.41) is 23.1. The minimum absolute atomic E-state index is 0.0468. The van der Waals surface area contributed by atoms with Crippen molar-refractivity contribution in [1.82, 2.24) is 19.9 Å². The largest absolute Gasteiger partial charge is 0.443 e. The van der Waals surface area contributed by atoms with E-state index in [0.717, 1.165) is 24.9 Å². The molecular formula is C28H39N7O4. The van der Waals surface area contributed by atoms with Crippen LogP contribution in [0.25, 0.3) is 5.65 Å². The molecule has 1 amide bonds. The van der Waals surface area contributed by atoms with Gasteiger partial charge in [0.2, 0.25) is 0 Å². The number of piperidine rings is 1. The molecule has 1 unspecified atom stereocenters. The van der Waals surface area contributed by atoms with Crippen molar-refractivity contribution < 1.29 is 14.5 Å². The van der Waals surface area contributed by atoms with Gasteiger partial charge in [0.25, 0.3) is 5.69 Å². The average Bonchev–Trinajstić information content (AvgIpc) is 3.27. The Morgan fingerprint density at radius 1 is 1.33 bits per heavy atom. The fourth-order valence-electron chi connectivity index (χ4n) is 4.60. The molecule has 0 bridgehead atoms. The van der Waals surface area contributed by atoms with Crippen LogP contribution in [0.3, 0.4) is 0 Å². The van der Waals surface area contributed by atoms with Gasteiger partial charge in [0, 0.05) is 41.9 Å². The first-order chi connectivity index (χ1) is 18.2. The Labute approximate surface area is 229 Å². The van der Waals surface area contributed by atoms with Crippen molar-refractivity contribution in [2.45, 2.75) is 91.0 Å². The summed E-state index contributed by atoms with van der Waals surface area (Å²) in [5.41, 5.74) is 1.46. The average molecular weight is 538 g/mol. The Morgan fingerprint density at radius 2 is 2.08 bits per heavy atom. The van der Waals surface area contributed by atoms with E-state index in [9.17, 15) is 14.9 Å². The van der Waals surface area contributed by atoms with Gasteiger partial charge in [-0.05, 0) is 58.9 Å². The van der Waals surface area contributed by atoms with Crippen LogP contribution in [0.4, 0.5) is 22.1 Å². The van der Waals surface area contributed by atoms with Crippen LogP contribution in [0.2, 0.25) is 0 Å². The molecule has 0 saturated carbocycles. The number of rotatable bonds is 7. The zero-order valence-corrected chi connectivity index (χ0v) is 23.8. The van der Waals surface area contributed by atoms with E-state index < -0.39 is 16.6 Å². The predicted molar refractivity (Wildman–Crippen MR) is 151 cm³/mol. The number of ether oxygens (including phenoxy) is 1. The molecule has 4 rings (SSSR count). The number of nitrogens with zero attached hydrogens (tertiary/aromatic N) is 5. The summed E-state index contributed by atoms with van der Waals surface area (Å²) in [4.78, 5) is 30.9. The summed E-state index contributed by atoms with van der Waals surface area (Å²) in [5.74, 6) is 1.24. The molecule has 1 aliphatic heterocycles. The van der Waals surface area contributed by atoms with Crippen LogP contribution in [0.5, 0.6) is 0 Å². The predicted octanol–water partition coefficient (Wildman–Crippen LogP) is 5.65. The highest BCUT2D eigenvalue weighted by Gasteiger charge is 2.30. The third kappa shape index (κ3) is 6.83. The number of nitro groups is 1. The van der Waals surface area contributed by atoms with Gasteiger partial charge >= 0.3 is 6.09 Å². The number of benzene rings is 1. The maximum Gasteiger partial charge on any atom is 0.416 e. The molecular weight excluding hydrogens is 498 g/mol. The number of hydrogen-bond donors (Lipinski definition) is 2. The molecule has 3 heterocycles. The Hall–Kier alpha value is -3.73. The van der Waals surface area contributed by atoms with Crippen LogP contribution in [0.1, 0.15) is 78.4 Å². The van der Waals surface area contributed by atoms with Gasteiger partial charge in [0.1, 0.15) is 17.2 Å².